The van der Waals surface area contributed by atoms with E-state index in [9.17, 15) is 10.1 Å². The molecule has 0 aromatic heterocycles. The molecule has 4 fully saturated rings. The molecular formula is C21H27NO. The summed E-state index contributed by atoms with van der Waals surface area (Å²) >= 11 is 0. The van der Waals surface area contributed by atoms with Gasteiger partial charge in [0.25, 0.3) is 0 Å². The van der Waals surface area contributed by atoms with Crippen molar-refractivity contribution in [1.29, 1.82) is 5.26 Å². The van der Waals surface area contributed by atoms with Crippen molar-refractivity contribution in [2.24, 2.45) is 40.4 Å². The average Bonchev–Trinajstić information content (AvgIpc) is 3.22. The lowest BCUT2D eigenvalue weighted by Crippen LogP contribution is -2.48. The van der Waals surface area contributed by atoms with Gasteiger partial charge in [-0.15, -0.1) is 0 Å². The minimum absolute atomic E-state index is 0.275. The van der Waals surface area contributed by atoms with Crippen molar-refractivity contribution >= 4 is 5.78 Å². The van der Waals surface area contributed by atoms with E-state index in [4.69, 9.17) is 0 Å². The number of ketones is 1. The Hall–Kier alpha value is -1.10. The van der Waals surface area contributed by atoms with E-state index >= 15 is 0 Å². The van der Waals surface area contributed by atoms with Crippen LogP contribution in [-0.2, 0) is 4.79 Å². The van der Waals surface area contributed by atoms with Gasteiger partial charge in [0.1, 0.15) is 0 Å². The summed E-state index contributed by atoms with van der Waals surface area (Å²) in [5.74, 6) is 3.75. The van der Waals surface area contributed by atoms with Crippen molar-refractivity contribution in [2.75, 3.05) is 0 Å². The van der Waals surface area contributed by atoms with Crippen molar-refractivity contribution in [3.8, 4) is 6.07 Å². The van der Waals surface area contributed by atoms with E-state index in [0.29, 0.717) is 17.1 Å². The standard InChI is InChI=1S/C21H27NO/c1-20-7-6-15-16-4-3-14(23)10-19(16)21(8-9-21)11-17(15)18(20)5-2-13(20)12-22/h10,13,15-18H,2-9,11H2,1H3/t13-,15-,16-,17-,18+,20-/m1/s1. The summed E-state index contributed by atoms with van der Waals surface area (Å²) < 4.78 is 0. The van der Waals surface area contributed by atoms with Crippen LogP contribution in [0.4, 0.5) is 0 Å². The zero-order chi connectivity index (χ0) is 15.8. The van der Waals surface area contributed by atoms with Gasteiger partial charge in [-0.25, -0.2) is 0 Å². The Morgan fingerprint density at radius 3 is 2.70 bits per heavy atom. The van der Waals surface area contributed by atoms with Gasteiger partial charge in [0, 0.05) is 6.42 Å². The van der Waals surface area contributed by atoms with Crippen molar-refractivity contribution in [2.45, 2.75) is 64.7 Å². The maximum atomic E-state index is 12.0. The Kier molecular flexibility index (Phi) is 2.79. The highest BCUT2D eigenvalue weighted by Gasteiger charge is 2.62. The molecule has 122 valence electrons. The van der Waals surface area contributed by atoms with E-state index in [0.717, 1.165) is 37.0 Å². The first-order valence-electron chi connectivity index (χ1n) is 9.72. The van der Waals surface area contributed by atoms with Crippen LogP contribution in [0.5, 0.6) is 0 Å². The first-order chi connectivity index (χ1) is 11.1. The van der Waals surface area contributed by atoms with Gasteiger partial charge in [0.15, 0.2) is 5.78 Å². The third kappa shape index (κ3) is 1.77. The van der Waals surface area contributed by atoms with Crippen molar-refractivity contribution in [3.05, 3.63) is 11.6 Å². The van der Waals surface area contributed by atoms with Gasteiger partial charge in [0.05, 0.1) is 12.0 Å². The zero-order valence-electron chi connectivity index (χ0n) is 14.2. The Balaban J connectivity index is 1.53. The molecule has 1 spiro atoms. The van der Waals surface area contributed by atoms with Crippen LogP contribution >= 0.6 is 0 Å². The monoisotopic (exact) mass is 309 g/mol. The van der Waals surface area contributed by atoms with Gasteiger partial charge in [-0.2, -0.15) is 5.26 Å². The fourth-order valence-electron chi connectivity index (χ4n) is 7.33. The molecule has 0 amide bonds. The summed E-state index contributed by atoms with van der Waals surface area (Å²) in [5, 5.41) is 9.60. The number of hydrogen-bond acceptors (Lipinski definition) is 2. The molecule has 0 bridgehead atoms. The molecule has 0 saturated heterocycles. The number of hydrogen-bond donors (Lipinski definition) is 0. The predicted molar refractivity (Wildman–Crippen MR) is 88.2 cm³/mol. The van der Waals surface area contributed by atoms with Crippen LogP contribution in [0.3, 0.4) is 0 Å². The van der Waals surface area contributed by atoms with Crippen LogP contribution in [0, 0.1) is 51.8 Å². The minimum atomic E-state index is 0.275. The van der Waals surface area contributed by atoms with E-state index in [-0.39, 0.29) is 11.3 Å². The lowest BCUT2D eigenvalue weighted by atomic mass is 9.49. The number of carbonyl (C=O) groups excluding carboxylic acids is 1. The van der Waals surface area contributed by atoms with E-state index in [1.165, 1.54) is 38.5 Å². The van der Waals surface area contributed by atoms with Gasteiger partial charge in [0.2, 0.25) is 0 Å². The van der Waals surface area contributed by atoms with Gasteiger partial charge in [-0.1, -0.05) is 12.5 Å². The van der Waals surface area contributed by atoms with E-state index in [1.807, 2.05) is 0 Å². The van der Waals surface area contributed by atoms with Crippen LogP contribution in [0.25, 0.3) is 0 Å². The first kappa shape index (κ1) is 14.3. The second-order valence-corrected chi connectivity index (χ2v) is 9.43. The van der Waals surface area contributed by atoms with Crippen LogP contribution in [0.2, 0.25) is 0 Å². The summed E-state index contributed by atoms with van der Waals surface area (Å²) in [4.78, 5) is 12.0. The highest BCUT2D eigenvalue weighted by atomic mass is 16.1. The number of rotatable bonds is 0. The summed E-state index contributed by atoms with van der Waals surface area (Å²) in [5.41, 5.74) is 2.25. The fraction of sp³-hybridized carbons (Fsp3) is 0.810. The van der Waals surface area contributed by atoms with Crippen LogP contribution in [0.15, 0.2) is 11.6 Å². The van der Waals surface area contributed by atoms with Gasteiger partial charge in [-0.05, 0) is 91.9 Å². The molecule has 5 rings (SSSR count). The molecule has 2 nitrogen and oxygen atoms in total. The third-order valence-corrected chi connectivity index (χ3v) is 8.68. The molecule has 0 heterocycles. The lowest BCUT2D eigenvalue weighted by molar-refractivity contribution is -0.116. The number of carbonyl (C=O) groups is 1. The van der Waals surface area contributed by atoms with Gasteiger partial charge < -0.3 is 0 Å². The normalized spacial score (nSPS) is 49.7. The van der Waals surface area contributed by atoms with Crippen LogP contribution in [0.1, 0.15) is 64.7 Å². The van der Waals surface area contributed by atoms with Crippen molar-refractivity contribution in [3.63, 3.8) is 0 Å². The summed E-state index contributed by atoms with van der Waals surface area (Å²) in [6.45, 7) is 2.42. The Bertz CT molecular complexity index is 637. The Morgan fingerprint density at radius 2 is 1.96 bits per heavy atom. The minimum Gasteiger partial charge on any atom is -0.295 e. The molecule has 5 aliphatic rings. The second kappa shape index (κ2) is 4.50. The maximum absolute atomic E-state index is 12.0. The molecular weight excluding hydrogens is 282 g/mol. The SMILES string of the molecule is C[C@]12CC[C@H]3[C@@H](CC4(CC4)C4=CC(=O)CC[C@@H]43)[C@@H]1CC[C@@H]2C#N. The number of fused-ring (bicyclic) bond motifs is 6. The fourth-order valence-corrected chi connectivity index (χ4v) is 7.33. The van der Waals surface area contributed by atoms with Crippen LogP contribution < -0.4 is 0 Å². The zero-order valence-corrected chi connectivity index (χ0v) is 14.2. The Morgan fingerprint density at radius 1 is 1.13 bits per heavy atom. The van der Waals surface area contributed by atoms with Crippen LogP contribution in [-0.4, -0.2) is 5.78 Å². The summed E-state index contributed by atoms with van der Waals surface area (Å²) in [6, 6.07) is 2.64. The molecule has 0 N–H and O–H groups in total. The van der Waals surface area contributed by atoms with E-state index in [2.05, 4.69) is 19.1 Å². The topological polar surface area (TPSA) is 40.9 Å². The molecule has 23 heavy (non-hydrogen) atoms. The van der Waals surface area contributed by atoms with Crippen molar-refractivity contribution < 1.29 is 4.79 Å². The van der Waals surface area contributed by atoms with E-state index in [1.54, 1.807) is 5.57 Å². The first-order valence-corrected chi connectivity index (χ1v) is 9.72. The molecule has 0 radical (unpaired) electrons. The molecule has 0 unspecified atom stereocenters. The highest BCUT2D eigenvalue weighted by molar-refractivity contribution is 5.91. The molecule has 5 aliphatic carbocycles. The molecule has 4 saturated carbocycles. The Labute approximate surface area is 139 Å². The molecule has 0 aliphatic heterocycles. The quantitative estimate of drug-likeness (QED) is 0.653. The number of nitrogens with zero attached hydrogens (tertiary/aromatic N) is 1. The largest absolute Gasteiger partial charge is 0.295 e. The second-order valence-electron chi connectivity index (χ2n) is 9.43. The van der Waals surface area contributed by atoms with Gasteiger partial charge >= 0.3 is 0 Å². The van der Waals surface area contributed by atoms with Gasteiger partial charge in [-0.3, -0.25) is 4.79 Å². The summed E-state index contributed by atoms with van der Waals surface area (Å²) in [7, 11) is 0. The third-order valence-electron chi connectivity index (χ3n) is 8.68. The molecule has 0 aromatic rings. The average molecular weight is 309 g/mol. The van der Waals surface area contributed by atoms with Crippen molar-refractivity contribution in [1.82, 2.24) is 0 Å². The smallest absolute Gasteiger partial charge is 0.155 e. The van der Waals surface area contributed by atoms with E-state index < -0.39 is 0 Å². The molecule has 6 atom stereocenters. The highest BCUT2D eigenvalue weighted by Crippen LogP contribution is 2.71. The molecule has 2 heteroatoms. The molecule has 0 aromatic carbocycles. The maximum Gasteiger partial charge on any atom is 0.155 e. The summed E-state index contributed by atoms with van der Waals surface area (Å²) in [6.07, 6.45) is 12.8. The predicted octanol–water partition coefficient (Wildman–Crippen LogP) is 4.66. The lowest BCUT2D eigenvalue weighted by Gasteiger charge is -2.55. The number of nitriles is 1. The number of allylic oxidation sites excluding steroid dienone is 1.